The van der Waals surface area contributed by atoms with Crippen LogP contribution in [0.2, 0.25) is 0 Å². The number of fused-ring (bicyclic) bond motifs is 1. The SMILES string of the molecule is Cc1nn(-c2ccccc2)nc1C(=O)NC1CCC(CCN2CCc3ccc(C(=O)C(C)C)cc3CC2)CC1. The van der Waals surface area contributed by atoms with Crippen molar-refractivity contribution >= 4 is 11.7 Å². The van der Waals surface area contributed by atoms with Gasteiger partial charge in [-0.3, -0.25) is 9.59 Å². The number of rotatable bonds is 8. The van der Waals surface area contributed by atoms with E-state index in [9.17, 15) is 9.59 Å². The lowest BCUT2D eigenvalue weighted by Crippen LogP contribution is -2.38. The van der Waals surface area contributed by atoms with Crippen molar-refractivity contribution < 1.29 is 9.59 Å². The molecule has 7 heteroatoms. The van der Waals surface area contributed by atoms with Gasteiger partial charge in [0, 0.05) is 30.6 Å². The van der Waals surface area contributed by atoms with Crippen LogP contribution in [0, 0.1) is 18.8 Å². The van der Waals surface area contributed by atoms with E-state index in [0.717, 1.165) is 69.4 Å². The standard InChI is InChI=1S/C32H41N5O2/c1-22(2)31(38)27-12-11-25-16-19-36(20-17-26(25)21-27)18-15-24-9-13-28(14-10-24)33-32(39)30-23(3)34-37(35-30)29-7-5-4-6-8-29/h4-8,11-12,21-22,24,28H,9-10,13-20H2,1-3H3,(H,33,39). The van der Waals surface area contributed by atoms with Crippen molar-refractivity contribution in [1.82, 2.24) is 25.2 Å². The van der Waals surface area contributed by atoms with Gasteiger partial charge < -0.3 is 10.2 Å². The summed E-state index contributed by atoms with van der Waals surface area (Å²) in [5.74, 6) is 0.854. The number of carbonyl (C=O) groups excluding carboxylic acids is 2. The maximum Gasteiger partial charge on any atom is 0.273 e. The van der Waals surface area contributed by atoms with E-state index in [1.165, 1.54) is 22.3 Å². The molecule has 2 heterocycles. The van der Waals surface area contributed by atoms with E-state index >= 15 is 0 Å². The Balaban J connectivity index is 1.06. The van der Waals surface area contributed by atoms with Gasteiger partial charge in [-0.15, -0.1) is 5.10 Å². The molecule has 7 nitrogen and oxygen atoms in total. The summed E-state index contributed by atoms with van der Waals surface area (Å²) in [6.07, 6.45) is 7.60. The molecule has 1 aliphatic carbocycles. The van der Waals surface area contributed by atoms with E-state index in [4.69, 9.17) is 0 Å². The average Bonchev–Trinajstić information content (AvgIpc) is 3.23. The molecule has 0 unspecified atom stereocenters. The summed E-state index contributed by atoms with van der Waals surface area (Å²) in [5.41, 5.74) is 5.50. The fourth-order valence-corrected chi connectivity index (χ4v) is 5.96. The first-order valence-electron chi connectivity index (χ1n) is 14.6. The van der Waals surface area contributed by atoms with Crippen molar-refractivity contribution in [2.24, 2.45) is 11.8 Å². The minimum absolute atomic E-state index is 0.0353. The molecular formula is C32H41N5O2. The van der Waals surface area contributed by atoms with Crippen LogP contribution in [-0.4, -0.2) is 57.3 Å². The van der Waals surface area contributed by atoms with Crippen LogP contribution in [0.5, 0.6) is 0 Å². The zero-order valence-corrected chi connectivity index (χ0v) is 23.5. The molecule has 1 aliphatic heterocycles. The molecule has 1 saturated carbocycles. The topological polar surface area (TPSA) is 80.1 Å². The number of nitrogens with one attached hydrogen (secondary N) is 1. The van der Waals surface area contributed by atoms with E-state index in [1.54, 1.807) is 0 Å². The number of ketones is 1. The Hall–Kier alpha value is -3.32. The Labute approximate surface area is 232 Å². The second kappa shape index (κ2) is 12.2. The molecule has 1 fully saturated rings. The summed E-state index contributed by atoms with van der Waals surface area (Å²) in [7, 11) is 0. The van der Waals surface area contributed by atoms with Crippen molar-refractivity contribution in [3.63, 3.8) is 0 Å². The van der Waals surface area contributed by atoms with Gasteiger partial charge in [0.05, 0.1) is 11.4 Å². The minimum Gasteiger partial charge on any atom is -0.348 e. The molecule has 0 spiro atoms. The van der Waals surface area contributed by atoms with Gasteiger partial charge in [0.1, 0.15) is 0 Å². The van der Waals surface area contributed by atoms with Gasteiger partial charge in [-0.1, -0.05) is 44.2 Å². The van der Waals surface area contributed by atoms with Crippen molar-refractivity contribution in [3.8, 4) is 5.69 Å². The van der Waals surface area contributed by atoms with Crippen LogP contribution >= 0.6 is 0 Å². The van der Waals surface area contributed by atoms with Crippen LogP contribution in [0.25, 0.3) is 5.69 Å². The van der Waals surface area contributed by atoms with Crippen LogP contribution in [0.3, 0.4) is 0 Å². The van der Waals surface area contributed by atoms with Gasteiger partial charge in [-0.25, -0.2) is 0 Å². The number of para-hydroxylation sites is 1. The molecule has 1 N–H and O–H groups in total. The van der Waals surface area contributed by atoms with Crippen LogP contribution < -0.4 is 5.32 Å². The van der Waals surface area contributed by atoms with Gasteiger partial charge in [0.15, 0.2) is 11.5 Å². The summed E-state index contributed by atoms with van der Waals surface area (Å²) in [6.45, 7) is 9.03. The lowest BCUT2D eigenvalue weighted by atomic mass is 9.84. The summed E-state index contributed by atoms with van der Waals surface area (Å²) < 4.78 is 0. The largest absolute Gasteiger partial charge is 0.348 e. The zero-order valence-electron chi connectivity index (χ0n) is 23.5. The molecule has 5 rings (SSSR count). The lowest BCUT2D eigenvalue weighted by molar-refractivity contribution is 0.0911. The molecule has 2 aliphatic rings. The zero-order chi connectivity index (χ0) is 27.4. The lowest BCUT2D eigenvalue weighted by Gasteiger charge is -2.30. The first-order valence-corrected chi connectivity index (χ1v) is 14.6. The van der Waals surface area contributed by atoms with E-state index < -0.39 is 0 Å². The summed E-state index contributed by atoms with van der Waals surface area (Å²) >= 11 is 0. The molecule has 206 valence electrons. The first kappa shape index (κ1) is 27.3. The van der Waals surface area contributed by atoms with Crippen LogP contribution in [0.1, 0.15) is 83.6 Å². The summed E-state index contributed by atoms with van der Waals surface area (Å²) in [4.78, 5) is 29.5. The highest BCUT2D eigenvalue weighted by atomic mass is 16.2. The van der Waals surface area contributed by atoms with Crippen molar-refractivity contribution in [1.29, 1.82) is 0 Å². The quantitative estimate of drug-likeness (QED) is 0.408. The highest BCUT2D eigenvalue weighted by Crippen LogP contribution is 2.28. The second-order valence-corrected chi connectivity index (χ2v) is 11.6. The normalized spacial score (nSPS) is 19.9. The number of hydrogen-bond donors (Lipinski definition) is 1. The van der Waals surface area contributed by atoms with Gasteiger partial charge in [0.25, 0.3) is 5.91 Å². The predicted molar refractivity (Wildman–Crippen MR) is 153 cm³/mol. The Kier molecular flexibility index (Phi) is 8.56. The van der Waals surface area contributed by atoms with Crippen LogP contribution in [-0.2, 0) is 12.8 Å². The van der Waals surface area contributed by atoms with E-state index in [-0.39, 0.29) is 23.7 Å². The second-order valence-electron chi connectivity index (χ2n) is 11.6. The van der Waals surface area contributed by atoms with Gasteiger partial charge in [-0.05, 0) is 93.7 Å². The monoisotopic (exact) mass is 527 g/mol. The molecule has 0 radical (unpaired) electrons. The maximum absolute atomic E-state index is 13.0. The van der Waals surface area contributed by atoms with Gasteiger partial charge >= 0.3 is 0 Å². The number of aryl methyl sites for hydroxylation is 1. The number of carbonyl (C=O) groups is 2. The summed E-state index contributed by atoms with van der Waals surface area (Å²) in [6, 6.07) is 16.2. The van der Waals surface area contributed by atoms with E-state index in [2.05, 4.69) is 32.5 Å². The minimum atomic E-state index is -0.125. The van der Waals surface area contributed by atoms with Crippen molar-refractivity contribution in [2.75, 3.05) is 19.6 Å². The van der Waals surface area contributed by atoms with Crippen molar-refractivity contribution in [3.05, 3.63) is 76.6 Å². The van der Waals surface area contributed by atoms with E-state index in [1.807, 2.05) is 57.2 Å². The third-order valence-electron chi connectivity index (χ3n) is 8.43. The number of nitrogens with zero attached hydrogens (tertiary/aromatic N) is 4. The molecular weight excluding hydrogens is 486 g/mol. The van der Waals surface area contributed by atoms with Crippen LogP contribution in [0.15, 0.2) is 48.5 Å². The molecule has 0 saturated heterocycles. The van der Waals surface area contributed by atoms with Crippen molar-refractivity contribution in [2.45, 2.75) is 71.8 Å². The maximum atomic E-state index is 13.0. The molecule has 2 aromatic carbocycles. The number of benzene rings is 2. The third-order valence-corrected chi connectivity index (χ3v) is 8.43. The Morgan fingerprint density at radius 1 is 0.949 bits per heavy atom. The van der Waals surface area contributed by atoms with Gasteiger partial charge in [-0.2, -0.15) is 9.90 Å². The Morgan fingerprint density at radius 2 is 1.67 bits per heavy atom. The highest BCUT2D eigenvalue weighted by molar-refractivity contribution is 5.97. The molecule has 0 bridgehead atoms. The molecule has 1 aromatic heterocycles. The molecule has 0 atom stereocenters. The molecule has 1 amide bonds. The average molecular weight is 528 g/mol. The van der Waals surface area contributed by atoms with E-state index in [0.29, 0.717) is 17.3 Å². The summed E-state index contributed by atoms with van der Waals surface area (Å²) in [5, 5.41) is 12.1. The number of hydrogen-bond acceptors (Lipinski definition) is 5. The number of Topliss-reactive ketones (excluding diaryl/α,β-unsaturated/α-hetero) is 1. The Morgan fingerprint density at radius 3 is 2.38 bits per heavy atom. The molecule has 39 heavy (non-hydrogen) atoms. The smallest absolute Gasteiger partial charge is 0.273 e. The Bertz CT molecular complexity index is 1290. The number of aromatic nitrogens is 3. The highest BCUT2D eigenvalue weighted by Gasteiger charge is 2.26. The third kappa shape index (κ3) is 6.64. The first-order chi connectivity index (χ1) is 18.9. The van der Waals surface area contributed by atoms with Gasteiger partial charge in [0.2, 0.25) is 0 Å². The molecule has 3 aromatic rings. The number of amides is 1. The fraction of sp³-hybridized carbons (Fsp3) is 0.500. The fourth-order valence-electron chi connectivity index (χ4n) is 5.96. The predicted octanol–water partition coefficient (Wildman–Crippen LogP) is 5.19. The van der Waals surface area contributed by atoms with Crippen LogP contribution in [0.4, 0.5) is 0 Å².